The molecule has 3 aromatic rings. The maximum Gasteiger partial charge on any atom is 0.511 e. The Morgan fingerprint density at radius 3 is 2.95 bits per heavy atom. The molecule has 6 nitrogen and oxygen atoms in total. The van der Waals surface area contributed by atoms with Gasteiger partial charge in [-0.25, -0.2) is 13.6 Å². The first kappa shape index (κ1) is 13.0. The second-order valence-electron chi connectivity index (χ2n) is 4.58. The first-order chi connectivity index (χ1) is 10.5. The van der Waals surface area contributed by atoms with Gasteiger partial charge in [-0.15, -0.1) is 11.3 Å². The molecule has 0 radical (unpaired) electrons. The molecule has 1 aliphatic heterocycles. The Balaban J connectivity index is 2.30. The average Bonchev–Trinajstić information content (AvgIpc) is 2.90. The van der Waals surface area contributed by atoms with E-state index >= 15 is 0 Å². The van der Waals surface area contributed by atoms with Gasteiger partial charge in [0.2, 0.25) is 17.1 Å². The smallest absolute Gasteiger partial charge is 0.473 e. The van der Waals surface area contributed by atoms with E-state index in [1.165, 1.54) is 9.78 Å². The fourth-order valence-electron chi connectivity index (χ4n) is 2.55. The Morgan fingerprint density at radius 1 is 1.45 bits per heavy atom. The number of hydrogen-bond donors (Lipinski definition) is 1. The van der Waals surface area contributed by atoms with Gasteiger partial charge in [-0.1, -0.05) is 0 Å². The van der Waals surface area contributed by atoms with E-state index in [1.54, 1.807) is 0 Å². The summed E-state index contributed by atoms with van der Waals surface area (Å²) in [4.78, 5) is 23.3. The van der Waals surface area contributed by atoms with Gasteiger partial charge < -0.3 is 14.6 Å². The van der Waals surface area contributed by atoms with Crippen molar-refractivity contribution < 1.29 is 28.2 Å². The van der Waals surface area contributed by atoms with Crippen molar-refractivity contribution in [2.75, 3.05) is 0 Å². The van der Waals surface area contributed by atoms with Crippen LogP contribution in [0.4, 0.5) is 13.6 Å². The van der Waals surface area contributed by atoms with Crippen LogP contribution in [0, 0.1) is 11.6 Å². The van der Waals surface area contributed by atoms with E-state index in [2.05, 4.69) is 4.74 Å². The third kappa shape index (κ3) is 1.51. The zero-order valence-corrected chi connectivity index (χ0v) is 11.4. The van der Waals surface area contributed by atoms with Crippen molar-refractivity contribution in [1.29, 1.82) is 0 Å². The minimum atomic E-state index is -1.67. The van der Waals surface area contributed by atoms with Crippen LogP contribution in [-0.4, -0.2) is 15.7 Å². The predicted octanol–water partition coefficient (Wildman–Crippen LogP) is 2.74. The maximum absolute atomic E-state index is 13.9. The van der Waals surface area contributed by atoms with Gasteiger partial charge in [-0.05, 0) is 6.07 Å². The molecule has 9 heteroatoms. The van der Waals surface area contributed by atoms with Gasteiger partial charge >= 0.3 is 6.16 Å². The van der Waals surface area contributed by atoms with E-state index in [1.807, 2.05) is 0 Å². The Morgan fingerprint density at radius 2 is 2.23 bits per heavy atom. The van der Waals surface area contributed by atoms with Crippen LogP contribution < -0.4 is 14.9 Å². The number of aromatic nitrogens is 1. The number of rotatable bonds is 1. The molecule has 0 aliphatic carbocycles. The summed E-state index contributed by atoms with van der Waals surface area (Å²) in [5.41, 5.74) is -0.734. The van der Waals surface area contributed by atoms with Crippen molar-refractivity contribution in [3.63, 3.8) is 0 Å². The fourth-order valence-corrected chi connectivity index (χ4v) is 3.46. The van der Waals surface area contributed by atoms with Crippen LogP contribution in [0.15, 0.2) is 16.2 Å². The van der Waals surface area contributed by atoms with Gasteiger partial charge in [-0.3, -0.25) is 9.20 Å². The molecule has 3 heterocycles. The lowest BCUT2D eigenvalue weighted by molar-refractivity contribution is 0.144. The monoisotopic (exact) mass is 325 g/mol. The molecule has 4 rings (SSSR count). The molecule has 2 aromatic heterocycles. The number of carboxylic acid groups (broad SMARTS) is 1. The lowest BCUT2D eigenvalue weighted by atomic mass is 10.1. The van der Waals surface area contributed by atoms with E-state index in [9.17, 15) is 18.4 Å². The number of nitrogens with zero attached hydrogens (tertiary/aromatic N) is 1. The molecule has 0 amide bonds. The van der Waals surface area contributed by atoms with Crippen molar-refractivity contribution >= 4 is 33.2 Å². The van der Waals surface area contributed by atoms with Crippen LogP contribution in [0.5, 0.6) is 11.6 Å². The quantitative estimate of drug-likeness (QED) is 0.696. The zero-order valence-electron chi connectivity index (χ0n) is 10.6. The summed E-state index contributed by atoms with van der Waals surface area (Å²) in [7, 11) is 0. The van der Waals surface area contributed by atoms with E-state index in [0.717, 1.165) is 17.4 Å². The number of thiazole rings is 1. The first-order valence-electron chi connectivity index (χ1n) is 5.99. The molecule has 0 atom stereocenters. The van der Waals surface area contributed by atoms with E-state index in [-0.39, 0.29) is 27.9 Å². The van der Waals surface area contributed by atoms with Gasteiger partial charge in [0.1, 0.15) is 6.61 Å². The highest BCUT2D eigenvalue weighted by Gasteiger charge is 2.28. The third-order valence-electron chi connectivity index (χ3n) is 3.40. The molecule has 1 N–H and O–H groups in total. The van der Waals surface area contributed by atoms with Crippen molar-refractivity contribution in [2.45, 2.75) is 6.61 Å². The summed E-state index contributed by atoms with van der Waals surface area (Å²) in [6.45, 7) is -0.218. The largest absolute Gasteiger partial charge is 0.511 e. The maximum atomic E-state index is 13.9. The van der Waals surface area contributed by atoms with Gasteiger partial charge in [-0.2, -0.15) is 0 Å². The SMILES string of the molecule is O=C(O)Oc1c(=O)c2cc(F)c(F)c3c2n2c(csc12)OC3. The number of ether oxygens (including phenoxy) is 2. The van der Waals surface area contributed by atoms with E-state index < -0.39 is 29.0 Å². The summed E-state index contributed by atoms with van der Waals surface area (Å²) >= 11 is 1.01. The van der Waals surface area contributed by atoms with Crippen molar-refractivity contribution in [3.05, 3.63) is 38.9 Å². The summed E-state index contributed by atoms with van der Waals surface area (Å²) in [6.07, 6.45) is -1.67. The van der Waals surface area contributed by atoms with E-state index in [0.29, 0.717) is 5.88 Å². The highest BCUT2D eigenvalue weighted by atomic mass is 32.1. The molecule has 112 valence electrons. The minimum Gasteiger partial charge on any atom is -0.473 e. The van der Waals surface area contributed by atoms with Crippen molar-refractivity contribution in [2.24, 2.45) is 0 Å². The van der Waals surface area contributed by atoms with Crippen LogP contribution in [0.25, 0.3) is 15.7 Å². The van der Waals surface area contributed by atoms with Crippen LogP contribution in [0.2, 0.25) is 0 Å². The van der Waals surface area contributed by atoms with Crippen molar-refractivity contribution in [3.8, 4) is 11.6 Å². The first-order valence-corrected chi connectivity index (χ1v) is 6.87. The Kier molecular flexibility index (Phi) is 2.46. The Hall–Kier alpha value is -2.68. The van der Waals surface area contributed by atoms with Gasteiger partial charge in [0.15, 0.2) is 16.5 Å². The molecule has 0 fully saturated rings. The summed E-state index contributed by atoms with van der Waals surface area (Å²) in [5.74, 6) is -2.45. The molecule has 0 bridgehead atoms. The van der Waals surface area contributed by atoms with Crippen LogP contribution in [0.1, 0.15) is 5.56 Å². The molecule has 1 aromatic carbocycles. The second-order valence-corrected chi connectivity index (χ2v) is 5.43. The third-order valence-corrected chi connectivity index (χ3v) is 4.31. The molecule has 0 saturated carbocycles. The van der Waals surface area contributed by atoms with Gasteiger partial charge in [0.05, 0.1) is 21.8 Å². The van der Waals surface area contributed by atoms with Crippen LogP contribution >= 0.6 is 11.3 Å². The standard InChI is InChI=1S/C13H5F2NO5S/c14-6-1-4-9-5(8(6)15)2-20-7-3-22-12(16(7)9)11(10(4)17)21-13(18)19/h1,3H,2H2,(H,18,19). The number of benzene rings is 1. The molecular weight excluding hydrogens is 320 g/mol. The Labute approximate surface area is 123 Å². The van der Waals surface area contributed by atoms with Gasteiger partial charge in [0, 0.05) is 0 Å². The summed E-state index contributed by atoms with van der Waals surface area (Å²) in [6, 6.07) is 0.740. The minimum absolute atomic E-state index is 0.0881. The van der Waals surface area contributed by atoms with Crippen LogP contribution in [-0.2, 0) is 6.61 Å². The fraction of sp³-hybridized carbons (Fsp3) is 0.0769. The van der Waals surface area contributed by atoms with Crippen LogP contribution in [0.3, 0.4) is 0 Å². The van der Waals surface area contributed by atoms with Gasteiger partial charge in [0.25, 0.3) is 0 Å². The number of halogens is 2. The summed E-state index contributed by atoms with van der Waals surface area (Å²) < 4.78 is 38.9. The topological polar surface area (TPSA) is 77.2 Å². The second kappa shape index (κ2) is 4.17. The molecule has 1 aliphatic rings. The zero-order chi connectivity index (χ0) is 15.6. The lowest BCUT2D eigenvalue weighted by Gasteiger charge is -2.18. The number of hydrogen-bond acceptors (Lipinski definition) is 5. The normalized spacial score (nSPS) is 12.8. The molecule has 0 spiro atoms. The molecule has 0 saturated heterocycles. The Bertz CT molecular complexity index is 1040. The average molecular weight is 325 g/mol. The highest BCUT2D eigenvalue weighted by molar-refractivity contribution is 7.16. The number of pyridine rings is 1. The summed E-state index contributed by atoms with van der Waals surface area (Å²) in [5, 5.41) is 10.1. The molecule has 0 unspecified atom stereocenters. The predicted molar refractivity (Wildman–Crippen MR) is 72.0 cm³/mol. The number of carbonyl (C=O) groups is 1. The molecular formula is C13H5F2NO5S. The van der Waals surface area contributed by atoms with E-state index in [4.69, 9.17) is 9.84 Å². The molecule has 22 heavy (non-hydrogen) atoms. The van der Waals surface area contributed by atoms with Crippen molar-refractivity contribution in [1.82, 2.24) is 4.40 Å². The lowest BCUT2D eigenvalue weighted by Crippen LogP contribution is -2.19. The highest BCUT2D eigenvalue weighted by Crippen LogP contribution is 2.38.